The molecule has 0 atom stereocenters. The molecule has 108 valence electrons. The summed E-state index contributed by atoms with van der Waals surface area (Å²) < 4.78 is -0.332. The van der Waals surface area contributed by atoms with Crippen LogP contribution in [-0.4, -0.2) is 71.9 Å². The molecule has 0 aliphatic rings. The second-order valence-electron chi connectivity index (χ2n) is 4.26. The summed E-state index contributed by atoms with van der Waals surface area (Å²) in [4.78, 5) is 28.7. The van der Waals surface area contributed by atoms with E-state index in [9.17, 15) is 9.59 Å². The SMILES string of the molecule is CN(C)C(=S)N(C)C(=O)[Te]C(=O)N(C)c1ccccc1. The van der Waals surface area contributed by atoms with Gasteiger partial charge in [0.15, 0.2) is 0 Å². The monoisotopic (exact) mass is 409 g/mol. The second-order valence-corrected chi connectivity index (χ2v) is 7.21. The minimum absolute atomic E-state index is 0.139. The van der Waals surface area contributed by atoms with Gasteiger partial charge < -0.3 is 0 Å². The summed E-state index contributed by atoms with van der Waals surface area (Å²) in [6, 6.07) is 9.27. The predicted molar refractivity (Wildman–Crippen MR) is 85.4 cm³/mol. The van der Waals surface area contributed by atoms with Gasteiger partial charge in [-0.3, -0.25) is 0 Å². The molecule has 1 rings (SSSR count). The molecular weight excluding hydrogens is 390 g/mol. The molecule has 0 saturated heterocycles. The summed E-state index contributed by atoms with van der Waals surface area (Å²) in [6.07, 6.45) is 0. The standard InChI is InChI=1S/C13H17N3O2STe/c1-14(2)11(19)16(4)13(18)20-12(17)15(3)10-8-6-5-7-9-10/h5-9H,1-4H3. The van der Waals surface area contributed by atoms with Crippen molar-refractivity contribution in [3.63, 3.8) is 0 Å². The molecule has 1 aromatic carbocycles. The van der Waals surface area contributed by atoms with Crippen LogP contribution in [-0.2, 0) is 0 Å². The Morgan fingerprint density at radius 3 is 2.05 bits per heavy atom. The Labute approximate surface area is 134 Å². The van der Waals surface area contributed by atoms with Crippen LogP contribution in [0.2, 0.25) is 0 Å². The number of benzene rings is 1. The van der Waals surface area contributed by atoms with Gasteiger partial charge >= 0.3 is 135 Å². The quantitative estimate of drug-likeness (QED) is 0.567. The molecule has 0 bridgehead atoms. The van der Waals surface area contributed by atoms with E-state index in [-0.39, 0.29) is 7.91 Å². The first kappa shape index (κ1) is 16.9. The number of carbonyl (C=O) groups excluding carboxylic acids is 2. The van der Waals surface area contributed by atoms with Gasteiger partial charge in [0.2, 0.25) is 0 Å². The van der Waals surface area contributed by atoms with E-state index in [2.05, 4.69) is 0 Å². The molecule has 0 heterocycles. The third-order valence-electron chi connectivity index (χ3n) is 2.54. The van der Waals surface area contributed by atoms with Gasteiger partial charge in [-0.1, -0.05) is 0 Å². The number of hydrogen-bond acceptors (Lipinski definition) is 3. The molecule has 0 aliphatic heterocycles. The number of carbonyl (C=O) groups is 2. The summed E-state index contributed by atoms with van der Waals surface area (Å²) >= 11 is 3.61. The van der Waals surface area contributed by atoms with Crippen molar-refractivity contribution in [1.29, 1.82) is 0 Å². The van der Waals surface area contributed by atoms with Crippen LogP contribution < -0.4 is 4.90 Å². The summed E-state index contributed by atoms with van der Waals surface area (Å²) in [5.41, 5.74) is 0.785. The normalized spacial score (nSPS) is 9.80. The first-order valence-corrected chi connectivity index (χ1v) is 8.58. The van der Waals surface area contributed by atoms with Crippen molar-refractivity contribution in [2.75, 3.05) is 33.1 Å². The van der Waals surface area contributed by atoms with E-state index in [4.69, 9.17) is 12.2 Å². The summed E-state index contributed by atoms with van der Waals surface area (Å²) in [7, 11) is 6.82. The van der Waals surface area contributed by atoms with Gasteiger partial charge in [0, 0.05) is 0 Å². The van der Waals surface area contributed by atoms with Crippen molar-refractivity contribution < 1.29 is 9.59 Å². The Balaban J connectivity index is 2.67. The molecule has 0 N–H and O–H groups in total. The minimum atomic E-state index is -1.51. The van der Waals surface area contributed by atoms with Gasteiger partial charge in [0.25, 0.3) is 0 Å². The molecule has 0 unspecified atom stereocenters. The van der Waals surface area contributed by atoms with Gasteiger partial charge in [-0.25, -0.2) is 0 Å². The number of amides is 2. The van der Waals surface area contributed by atoms with Gasteiger partial charge in [-0.05, 0) is 0 Å². The van der Waals surface area contributed by atoms with E-state index in [1.807, 2.05) is 30.3 Å². The fourth-order valence-electron chi connectivity index (χ4n) is 1.35. The van der Waals surface area contributed by atoms with Gasteiger partial charge in [-0.2, -0.15) is 0 Å². The zero-order valence-electron chi connectivity index (χ0n) is 11.9. The summed E-state index contributed by atoms with van der Waals surface area (Å²) in [6.45, 7) is 0. The van der Waals surface area contributed by atoms with E-state index in [1.165, 1.54) is 9.80 Å². The number of para-hydroxylation sites is 1. The van der Waals surface area contributed by atoms with E-state index in [0.717, 1.165) is 5.69 Å². The Hall–Kier alpha value is -1.16. The van der Waals surface area contributed by atoms with Crippen LogP contribution in [0.25, 0.3) is 0 Å². The van der Waals surface area contributed by atoms with Crippen LogP contribution in [0.4, 0.5) is 15.3 Å². The van der Waals surface area contributed by atoms with Crippen molar-refractivity contribution in [2.24, 2.45) is 0 Å². The molecule has 1 aromatic rings. The fraction of sp³-hybridized carbons (Fsp3) is 0.308. The average Bonchev–Trinajstić information content (AvgIpc) is 2.45. The van der Waals surface area contributed by atoms with Crippen molar-refractivity contribution in [1.82, 2.24) is 9.80 Å². The number of hydrogen-bond donors (Lipinski definition) is 0. The molecule has 0 aromatic heterocycles. The average molecular weight is 407 g/mol. The molecule has 0 spiro atoms. The Morgan fingerprint density at radius 2 is 1.55 bits per heavy atom. The van der Waals surface area contributed by atoms with Gasteiger partial charge in [0.1, 0.15) is 0 Å². The van der Waals surface area contributed by atoms with Crippen molar-refractivity contribution in [3.8, 4) is 0 Å². The number of anilines is 1. The summed E-state index contributed by atoms with van der Waals surface area (Å²) in [5, 5.41) is 0.412. The molecule has 0 saturated carbocycles. The van der Waals surface area contributed by atoms with Crippen LogP contribution in [0.3, 0.4) is 0 Å². The zero-order chi connectivity index (χ0) is 15.3. The van der Waals surface area contributed by atoms with Gasteiger partial charge in [-0.15, -0.1) is 0 Å². The van der Waals surface area contributed by atoms with Crippen LogP contribution in [0.1, 0.15) is 0 Å². The Bertz CT molecular complexity index is 508. The first-order valence-electron chi connectivity index (χ1n) is 5.84. The van der Waals surface area contributed by atoms with E-state index in [0.29, 0.717) is 5.11 Å². The topological polar surface area (TPSA) is 43.9 Å². The fourth-order valence-corrected chi connectivity index (χ4v) is 3.37. The first-order chi connectivity index (χ1) is 9.34. The van der Waals surface area contributed by atoms with E-state index < -0.39 is 20.9 Å². The molecule has 7 heteroatoms. The van der Waals surface area contributed by atoms with Crippen LogP contribution >= 0.6 is 12.2 Å². The summed E-state index contributed by atoms with van der Waals surface area (Å²) in [5.74, 6) is 0. The zero-order valence-corrected chi connectivity index (χ0v) is 15.0. The second kappa shape index (κ2) is 7.58. The van der Waals surface area contributed by atoms with E-state index >= 15 is 0 Å². The van der Waals surface area contributed by atoms with E-state index in [1.54, 1.807) is 33.1 Å². The molecule has 20 heavy (non-hydrogen) atoms. The van der Waals surface area contributed by atoms with Crippen LogP contribution in [0.15, 0.2) is 30.3 Å². The Morgan fingerprint density at radius 1 is 1.00 bits per heavy atom. The maximum absolute atomic E-state index is 12.1. The molecule has 0 radical (unpaired) electrons. The third kappa shape index (κ3) is 4.44. The molecule has 0 fully saturated rings. The van der Waals surface area contributed by atoms with Gasteiger partial charge in [0.05, 0.1) is 0 Å². The molecular formula is C13H17N3O2STe. The number of rotatable bonds is 3. The molecule has 2 amide bonds. The maximum atomic E-state index is 12.1. The Kier molecular flexibility index (Phi) is 6.40. The van der Waals surface area contributed by atoms with Crippen LogP contribution in [0, 0.1) is 0 Å². The van der Waals surface area contributed by atoms with Crippen molar-refractivity contribution >= 4 is 51.9 Å². The third-order valence-corrected chi connectivity index (χ3v) is 5.73. The molecule has 0 aliphatic carbocycles. The predicted octanol–water partition coefficient (Wildman–Crippen LogP) is 1.85. The van der Waals surface area contributed by atoms with Crippen LogP contribution in [0.5, 0.6) is 0 Å². The number of thiocarbonyl (C=S) groups is 1. The van der Waals surface area contributed by atoms with Crippen molar-refractivity contribution in [2.45, 2.75) is 0 Å². The molecule has 5 nitrogen and oxygen atoms in total. The number of nitrogens with zero attached hydrogens (tertiary/aromatic N) is 3. The van der Waals surface area contributed by atoms with Crippen molar-refractivity contribution in [3.05, 3.63) is 30.3 Å².